The van der Waals surface area contributed by atoms with E-state index in [0.717, 1.165) is 42.4 Å². The monoisotopic (exact) mass is 281 g/mol. The minimum Gasteiger partial charge on any atom is -0.322 e. The number of rotatable bonds is 6. The molecule has 0 spiro atoms. The number of para-hydroxylation sites is 2. The van der Waals surface area contributed by atoms with Crippen molar-refractivity contribution in [2.24, 2.45) is 0 Å². The van der Waals surface area contributed by atoms with E-state index in [9.17, 15) is 0 Å². The first-order valence-electron chi connectivity index (χ1n) is 7.60. The molecule has 108 valence electrons. The Balaban J connectivity index is 1.42. The van der Waals surface area contributed by atoms with Crippen LogP contribution < -0.4 is 5.32 Å². The Bertz CT molecular complexity index is 705. The Kier molecular flexibility index (Phi) is 3.20. The predicted octanol–water partition coefficient (Wildman–Crippen LogP) is 2.43. The molecule has 1 fully saturated rings. The SMILES string of the molecule is c1ccc2[nH]c(-n3cc(CCCNC4CC4)cn3)nc2c1. The number of aromatic nitrogens is 4. The van der Waals surface area contributed by atoms with E-state index in [0.29, 0.717) is 0 Å². The summed E-state index contributed by atoms with van der Waals surface area (Å²) in [5, 5.41) is 7.95. The fourth-order valence-electron chi connectivity index (χ4n) is 2.54. The van der Waals surface area contributed by atoms with E-state index in [2.05, 4.69) is 26.6 Å². The summed E-state index contributed by atoms with van der Waals surface area (Å²) in [6, 6.07) is 8.83. The van der Waals surface area contributed by atoms with E-state index >= 15 is 0 Å². The van der Waals surface area contributed by atoms with Crippen LogP contribution in [0.15, 0.2) is 36.7 Å². The molecule has 1 saturated carbocycles. The van der Waals surface area contributed by atoms with Gasteiger partial charge in [-0.05, 0) is 49.9 Å². The molecule has 0 unspecified atom stereocenters. The van der Waals surface area contributed by atoms with Gasteiger partial charge in [-0.25, -0.2) is 9.67 Å². The molecule has 0 amide bonds. The molecule has 0 aliphatic heterocycles. The number of imidazole rings is 1. The van der Waals surface area contributed by atoms with E-state index in [1.165, 1.54) is 18.4 Å². The third kappa shape index (κ3) is 2.83. The Hall–Kier alpha value is -2.14. The molecule has 2 aromatic heterocycles. The minimum absolute atomic E-state index is 0.776. The molecule has 0 atom stereocenters. The van der Waals surface area contributed by atoms with Gasteiger partial charge < -0.3 is 10.3 Å². The Labute approximate surface area is 123 Å². The standard InChI is InChI=1S/C16H19N5/c1-2-6-15-14(5-1)19-16(20-15)21-11-12(10-18-21)4-3-9-17-13-7-8-13/h1-2,5-6,10-11,13,17H,3-4,7-9H2,(H,19,20). The summed E-state index contributed by atoms with van der Waals surface area (Å²) < 4.78 is 1.82. The number of aromatic amines is 1. The molecule has 0 saturated heterocycles. The highest BCUT2D eigenvalue weighted by Crippen LogP contribution is 2.18. The average molecular weight is 281 g/mol. The number of hydrogen-bond acceptors (Lipinski definition) is 3. The molecule has 3 aromatic rings. The van der Waals surface area contributed by atoms with Crippen LogP contribution in [0.3, 0.4) is 0 Å². The van der Waals surface area contributed by atoms with Crippen LogP contribution in [0.2, 0.25) is 0 Å². The molecular weight excluding hydrogens is 262 g/mol. The summed E-state index contributed by atoms with van der Waals surface area (Å²) in [7, 11) is 0. The third-order valence-electron chi connectivity index (χ3n) is 3.88. The zero-order valence-electron chi connectivity index (χ0n) is 11.9. The quantitative estimate of drug-likeness (QED) is 0.682. The topological polar surface area (TPSA) is 58.5 Å². The number of aryl methyl sites for hydroxylation is 1. The van der Waals surface area contributed by atoms with Crippen molar-refractivity contribution in [1.29, 1.82) is 0 Å². The molecular formula is C16H19N5. The fraction of sp³-hybridized carbons (Fsp3) is 0.375. The second-order valence-electron chi connectivity index (χ2n) is 5.70. The van der Waals surface area contributed by atoms with Crippen LogP contribution in [0.5, 0.6) is 0 Å². The van der Waals surface area contributed by atoms with Crippen molar-refractivity contribution < 1.29 is 0 Å². The van der Waals surface area contributed by atoms with Gasteiger partial charge in [0, 0.05) is 12.2 Å². The molecule has 5 nitrogen and oxygen atoms in total. The van der Waals surface area contributed by atoms with Crippen molar-refractivity contribution in [3.05, 3.63) is 42.2 Å². The van der Waals surface area contributed by atoms with Crippen molar-refractivity contribution in [2.45, 2.75) is 31.7 Å². The van der Waals surface area contributed by atoms with E-state index in [1.807, 2.05) is 35.1 Å². The smallest absolute Gasteiger partial charge is 0.229 e. The fourth-order valence-corrected chi connectivity index (χ4v) is 2.54. The van der Waals surface area contributed by atoms with Gasteiger partial charge in [0.05, 0.1) is 17.2 Å². The summed E-state index contributed by atoms with van der Waals surface area (Å²) in [5.74, 6) is 0.776. The summed E-state index contributed by atoms with van der Waals surface area (Å²) >= 11 is 0. The number of nitrogens with one attached hydrogen (secondary N) is 2. The first kappa shape index (κ1) is 12.6. The van der Waals surface area contributed by atoms with E-state index in [4.69, 9.17) is 0 Å². The lowest BCUT2D eigenvalue weighted by atomic mass is 10.2. The van der Waals surface area contributed by atoms with E-state index in [1.54, 1.807) is 0 Å². The predicted molar refractivity (Wildman–Crippen MR) is 82.6 cm³/mol. The lowest BCUT2D eigenvalue weighted by molar-refractivity contribution is 0.645. The van der Waals surface area contributed by atoms with Crippen LogP contribution in [0.4, 0.5) is 0 Å². The Morgan fingerprint density at radius 3 is 3.05 bits per heavy atom. The van der Waals surface area contributed by atoms with Crippen molar-refractivity contribution in [3.8, 4) is 5.95 Å². The highest BCUT2D eigenvalue weighted by Gasteiger charge is 2.19. The van der Waals surface area contributed by atoms with Crippen molar-refractivity contribution in [3.63, 3.8) is 0 Å². The Morgan fingerprint density at radius 2 is 2.19 bits per heavy atom. The maximum Gasteiger partial charge on any atom is 0.229 e. The van der Waals surface area contributed by atoms with Crippen LogP contribution >= 0.6 is 0 Å². The van der Waals surface area contributed by atoms with Crippen molar-refractivity contribution in [2.75, 3.05) is 6.54 Å². The number of benzene rings is 1. The second-order valence-corrected chi connectivity index (χ2v) is 5.70. The van der Waals surface area contributed by atoms with Gasteiger partial charge in [0.2, 0.25) is 5.95 Å². The largest absolute Gasteiger partial charge is 0.322 e. The van der Waals surface area contributed by atoms with Gasteiger partial charge in [-0.1, -0.05) is 12.1 Å². The molecule has 21 heavy (non-hydrogen) atoms. The van der Waals surface area contributed by atoms with Gasteiger partial charge in [-0.15, -0.1) is 0 Å². The summed E-state index contributed by atoms with van der Waals surface area (Å²) in [5.41, 5.74) is 3.27. The normalized spacial score (nSPS) is 14.9. The van der Waals surface area contributed by atoms with Crippen LogP contribution in [0.25, 0.3) is 17.0 Å². The first-order chi connectivity index (χ1) is 10.4. The van der Waals surface area contributed by atoms with Crippen LogP contribution in [-0.4, -0.2) is 32.3 Å². The minimum atomic E-state index is 0.776. The zero-order valence-corrected chi connectivity index (χ0v) is 11.9. The number of fused-ring (bicyclic) bond motifs is 1. The highest BCUT2D eigenvalue weighted by molar-refractivity contribution is 5.75. The van der Waals surface area contributed by atoms with Gasteiger partial charge in [0.25, 0.3) is 0 Å². The summed E-state index contributed by atoms with van der Waals surface area (Å²) in [6.45, 7) is 1.10. The third-order valence-corrected chi connectivity index (χ3v) is 3.88. The maximum atomic E-state index is 4.56. The molecule has 0 bridgehead atoms. The molecule has 0 radical (unpaired) electrons. The van der Waals surface area contributed by atoms with Gasteiger partial charge in [-0.3, -0.25) is 0 Å². The Morgan fingerprint density at radius 1 is 1.29 bits per heavy atom. The molecule has 2 heterocycles. The van der Waals surface area contributed by atoms with Crippen molar-refractivity contribution >= 4 is 11.0 Å². The summed E-state index contributed by atoms with van der Waals surface area (Å²) in [4.78, 5) is 7.85. The molecule has 1 aliphatic rings. The lowest BCUT2D eigenvalue weighted by Crippen LogP contribution is -2.17. The molecule has 1 aromatic carbocycles. The average Bonchev–Trinajstić information content (AvgIpc) is 3.04. The molecule has 4 rings (SSSR count). The second kappa shape index (κ2) is 5.33. The lowest BCUT2D eigenvalue weighted by Gasteiger charge is -2.00. The molecule has 2 N–H and O–H groups in total. The first-order valence-corrected chi connectivity index (χ1v) is 7.60. The van der Waals surface area contributed by atoms with Gasteiger partial charge in [0.15, 0.2) is 0 Å². The van der Waals surface area contributed by atoms with E-state index < -0.39 is 0 Å². The van der Waals surface area contributed by atoms with Gasteiger partial charge in [0.1, 0.15) is 0 Å². The maximum absolute atomic E-state index is 4.56. The van der Waals surface area contributed by atoms with Crippen molar-refractivity contribution in [1.82, 2.24) is 25.1 Å². The molecule has 1 aliphatic carbocycles. The highest BCUT2D eigenvalue weighted by atomic mass is 15.3. The van der Waals surface area contributed by atoms with E-state index in [-0.39, 0.29) is 0 Å². The zero-order chi connectivity index (χ0) is 14.1. The van der Waals surface area contributed by atoms with Gasteiger partial charge in [-0.2, -0.15) is 5.10 Å². The number of H-pyrrole nitrogens is 1. The number of nitrogens with zero attached hydrogens (tertiary/aromatic N) is 3. The number of hydrogen-bond donors (Lipinski definition) is 2. The van der Waals surface area contributed by atoms with Crippen LogP contribution in [0, 0.1) is 0 Å². The van der Waals surface area contributed by atoms with Gasteiger partial charge >= 0.3 is 0 Å². The summed E-state index contributed by atoms with van der Waals surface area (Å²) in [6.07, 6.45) is 8.91. The van der Waals surface area contributed by atoms with Crippen LogP contribution in [-0.2, 0) is 6.42 Å². The molecule has 5 heteroatoms. The van der Waals surface area contributed by atoms with Crippen LogP contribution in [0.1, 0.15) is 24.8 Å².